The SMILES string of the molecule is CCCCCCOC(=O)Oc1ccc(-c2ncc(C#N)cn2)cc1. The van der Waals surface area contributed by atoms with Gasteiger partial charge < -0.3 is 9.47 Å². The van der Waals surface area contributed by atoms with Crippen molar-refractivity contribution in [2.45, 2.75) is 32.6 Å². The lowest BCUT2D eigenvalue weighted by Crippen LogP contribution is -2.11. The quantitative estimate of drug-likeness (QED) is 0.432. The highest BCUT2D eigenvalue weighted by molar-refractivity contribution is 5.65. The fourth-order valence-electron chi connectivity index (χ4n) is 2.02. The average molecular weight is 325 g/mol. The van der Waals surface area contributed by atoms with Crippen LogP contribution in [-0.2, 0) is 4.74 Å². The minimum Gasteiger partial charge on any atom is -0.434 e. The molecule has 0 aliphatic carbocycles. The van der Waals surface area contributed by atoms with E-state index >= 15 is 0 Å². The molecule has 0 spiro atoms. The van der Waals surface area contributed by atoms with Gasteiger partial charge in [0.2, 0.25) is 0 Å². The van der Waals surface area contributed by atoms with Gasteiger partial charge in [-0.1, -0.05) is 26.2 Å². The molecule has 1 aromatic carbocycles. The van der Waals surface area contributed by atoms with Gasteiger partial charge >= 0.3 is 6.16 Å². The number of aromatic nitrogens is 2. The van der Waals surface area contributed by atoms with Crippen molar-refractivity contribution < 1.29 is 14.3 Å². The van der Waals surface area contributed by atoms with E-state index in [4.69, 9.17) is 14.7 Å². The highest BCUT2D eigenvalue weighted by atomic mass is 16.7. The maximum absolute atomic E-state index is 11.6. The molecule has 0 aliphatic rings. The molecule has 0 unspecified atom stereocenters. The van der Waals surface area contributed by atoms with Crippen molar-refractivity contribution in [3.05, 3.63) is 42.2 Å². The minimum atomic E-state index is -0.700. The van der Waals surface area contributed by atoms with Crippen molar-refractivity contribution in [2.24, 2.45) is 0 Å². The highest BCUT2D eigenvalue weighted by Gasteiger charge is 2.07. The fraction of sp³-hybridized carbons (Fsp3) is 0.333. The molecule has 6 nitrogen and oxygen atoms in total. The second-order valence-corrected chi connectivity index (χ2v) is 5.19. The molecule has 2 aromatic rings. The molecule has 24 heavy (non-hydrogen) atoms. The molecule has 0 fully saturated rings. The number of hydrogen-bond acceptors (Lipinski definition) is 6. The monoisotopic (exact) mass is 325 g/mol. The van der Waals surface area contributed by atoms with Gasteiger partial charge in [-0.2, -0.15) is 5.26 Å². The Labute approximate surface area is 141 Å². The van der Waals surface area contributed by atoms with Crippen molar-refractivity contribution in [2.75, 3.05) is 6.61 Å². The number of rotatable bonds is 7. The Morgan fingerprint density at radius 3 is 2.46 bits per heavy atom. The predicted octanol–water partition coefficient (Wildman–Crippen LogP) is 4.11. The number of nitriles is 1. The third-order valence-corrected chi connectivity index (χ3v) is 3.31. The molecule has 124 valence electrons. The summed E-state index contributed by atoms with van der Waals surface area (Å²) in [6.07, 6.45) is 6.39. The van der Waals surface area contributed by atoms with Crippen LogP contribution in [0.15, 0.2) is 36.7 Å². The Balaban J connectivity index is 1.85. The number of unbranched alkanes of at least 4 members (excludes halogenated alkanes) is 3. The van der Waals surface area contributed by atoms with Crippen LogP contribution in [0, 0.1) is 11.3 Å². The van der Waals surface area contributed by atoms with Gasteiger partial charge in [0.05, 0.1) is 12.2 Å². The van der Waals surface area contributed by atoms with E-state index in [1.54, 1.807) is 24.3 Å². The van der Waals surface area contributed by atoms with Gasteiger partial charge in [-0.05, 0) is 30.7 Å². The molecule has 1 aromatic heterocycles. The molecule has 0 radical (unpaired) electrons. The number of carbonyl (C=O) groups is 1. The molecular formula is C18H19N3O3. The Bertz CT molecular complexity index is 691. The molecule has 0 atom stereocenters. The van der Waals surface area contributed by atoms with E-state index < -0.39 is 6.16 Å². The van der Waals surface area contributed by atoms with Gasteiger partial charge in [-0.25, -0.2) is 14.8 Å². The number of nitrogens with zero attached hydrogens (tertiary/aromatic N) is 3. The highest BCUT2D eigenvalue weighted by Crippen LogP contribution is 2.19. The second kappa shape index (κ2) is 9.26. The van der Waals surface area contributed by atoms with Crippen LogP contribution in [0.5, 0.6) is 5.75 Å². The topological polar surface area (TPSA) is 85.1 Å². The van der Waals surface area contributed by atoms with Gasteiger partial charge in [0.25, 0.3) is 0 Å². The number of hydrogen-bond donors (Lipinski definition) is 0. The second-order valence-electron chi connectivity index (χ2n) is 5.19. The molecule has 2 rings (SSSR count). The maximum atomic E-state index is 11.6. The predicted molar refractivity (Wildman–Crippen MR) is 88.3 cm³/mol. The van der Waals surface area contributed by atoms with Crippen molar-refractivity contribution in [3.63, 3.8) is 0 Å². The van der Waals surface area contributed by atoms with E-state index in [9.17, 15) is 4.79 Å². The third-order valence-electron chi connectivity index (χ3n) is 3.31. The zero-order chi connectivity index (χ0) is 17.2. The molecule has 0 amide bonds. The standard InChI is InChI=1S/C18H19N3O3/c1-2-3-4-5-10-23-18(22)24-16-8-6-15(7-9-16)17-20-12-14(11-19)13-21-17/h6-9,12-13H,2-5,10H2,1H3. The van der Waals surface area contributed by atoms with Crippen molar-refractivity contribution >= 4 is 6.16 Å². The van der Waals surface area contributed by atoms with Gasteiger partial charge in [0.1, 0.15) is 11.8 Å². The summed E-state index contributed by atoms with van der Waals surface area (Å²) in [6.45, 7) is 2.50. The molecule has 0 saturated heterocycles. The van der Waals surface area contributed by atoms with Crippen LogP contribution in [0.25, 0.3) is 11.4 Å². The third kappa shape index (κ3) is 5.36. The van der Waals surface area contributed by atoms with Crippen LogP contribution in [0.3, 0.4) is 0 Å². The molecule has 0 aliphatic heterocycles. The Kier molecular flexibility index (Phi) is 6.72. The van der Waals surface area contributed by atoms with E-state index in [2.05, 4.69) is 16.9 Å². The van der Waals surface area contributed by atoms with Crippen LogP contribution in [0.1, 0.15) is 38.2 Å². The number of carbonyl (C=O) groups excluding carboxylic acids is 1. The summed E-state index contributed by atoms with van der Waals surface area (Å²) in [7, 11) is 0. The lowest BCUT2D eigenvalue weighted by atomic mass is 10.2. The Morgan fingerprint density at radius 2 is 1.83 bits per heavy atom. The summed E-state index contributed by atoms with van der Waals surface area (Å²) < 4.78 is 10.1. The average Bonchev–Trinajstić information content (AvgIpc) is 2.62. The molecule has 6 heteroatoms. The van der Waals surface area contributed by atoms with Crippen LogP contribution in [0.4, 0.5) is 4.79 Å². The van der Waals surface area contributed by atoms with Gasteiger partial charge in [0, 0.05) is 18.0 Å². The molecule has 0 bridgehead atoms. The van der Waals surface area contributed by atoms with E-state index in [-0.39, 0.29) is 0 Å². The van der Waals surface area contributed by atoms with Crippen LogP contribution in [-0.4, -0.2) is 22.7 Å². The lowest BCUT2D eigenvalue weighted by molar-refractivity contribution is 0.0973. The molecule has 0 saturated carbocycles. The van der Waals surface area contributed by atoms with Crippen LogP contribution in [0.2, 0.25) is 0 Å². The molecular weight excluding hydrogens is 306 g/mol. The molecule has 0 N–H and O–H groups in total. The normalized spacial score (nSPS) is 10.0. The van der Waals surface area contributed by atoms with Crippen LogP contribution >= 0.6 is 0 Å². The first-order chi connectivity index (χ1) is 11.7. The van der Waals surface area contributed by atoms with Crippen molar-refractivity contribution in [1.82, 2.24) is 9.97 Å². The summed E-state index contributed by atoms with van der Waals surface area (Å²) >= 11 is 0. The molecule has 1 heterocycles. The first-order valence-corrected chi connectivity index (χ1v) is 7.90. The van der Waals surface area contributed by atoms with Crippen molar-refractivity contribution in [1.29, 1.82) is 5.26 Å². The first-order valence-electron chi connectivity index (χ1n) is 7.90. The van der Waals surface area contributed by atoms with E-state index in [1.807, 2.05) is 6.07 Å². The van der Waals surface area contributed by atoms with Crippen LogP contribution < -0.4 is 4.74 Å². The van der Waals surface area contributed by atoms with E-state index in [0.717, 1.165) is 31.2 Å². The maximum Gasteiger partial charge on any atom is 0.513 e. The summed E-state index contributed by atoms with van der Waals surface area (Å²) in [5.74, 6) is 0.894. The minimum absolute atomic E-state index is 0.371. The summed E-state index contributed by atoms with van der Waals surface area (Å²) in [5, 5.41) is 8.73. The largest absolute Gasteiger partial charge is 0.513 e. The van der Waals surface area contributed by atoms with Gasteiger partial charge in [-0.3, -0.25) is 0 Å². The van der Waals surface area contributed by atoms with E-state index in [1.165, 1.54) is 12.4 Å². The van der Waals surface area contributed by atoms with Crippen molar-refractivity contribution in [3.8, 4) is 23.2 Å². The summed E-state index contributed by atoms with van der Waals surface area (Å²) in [5.41, 5.74) is 1.17. The summed E-state index contributed by atoms with van der Waals surface area (Å²) in [6, 6.07) is 8.75. The van der Waals surface area contributed by atoms with Gasteiger partial charge in [0.15, 0.2) is 5.82 Å². The Hall–Kier alpha value is -2.94. The first kappa shape index (κ1) is 17.4. The zero-order valence-corrected chi connectivity index (χ0v) is 13.6. The summed E-state index contributed by atoms with van der Waals surface area (Å²) in [4.78, 5) is 19.8. The Morgan fingerprint density at radius 1 is 1.12 bits per heavy atom. The lowest BCUT2D eigenvalue weighted by Gasteiger charge is -2.06. The van der Waals surface area contributed by atoms with E-state index in [0.29, 0.717) is 23.7 Å². The van der Waals surface area contributed by atoms with Gasteiger partial charge in [-0.15, -0.1) is 0 Å². The zero-order valence-electron chi connectivity index (χ0n) is 13.6. The number of ether oxygens (including phenoxy) is 2. The smallest absolute Gasteiger partial charge is 0.434 e. The fourth-order valence-corrected chi connectivity index (χ4v) is 2.02. The number of benzene rings is 1.